The highest BCUT2D eigenvalue weighted by atomic mass is 32.2. The Balaban J connectivity index is 1.80. The number of nitrogens with zero attached hydrogens (tertiary/aromatic N) is 5. The number of aryl methyl sites for hydroxylation is 1. The zero-order valence-electron chi connectivity index (χ0n) is 18.2. The van der Waals surface area contributed by atoms with Crippen molar-refractivity contribution in [2.75, 3.05) is 29.8 Å². The maximum atomic E-state index is 15.4. The topological polar surface area (TPSA) is 87.1 Å². The molecule has 1 N–H and O–H groups in total. The van der Waals surface area contributed by atoms with Gasteiger partial charge in [0, 0.05) is 56.4 Å². The average Bonchev–Trinajstić information content (AvgIpc) is 3.49. The van der Waals surface area contributed by atoms with Gasteiger partial charge < -0.3 is 9.47 Å². The molecule has 0 aliphatic carbocycles. The third-order valence-corrected chi connectivity index (χ3v) is 8.06. The van der Waals surface area contributed by atoms with Gasteiger partial charge in [0.2, 0.25) is 0 Å². The number of sulfonamides is 1. The van der Waals surface area contributed by atoms with E-state index in [0.717, 1.165) is 29.9 Å². The molecule has 1 aliphatic heterocycles. The summed E-state index contributed by atoms with van der Waals surface area (Å²) in [4.78, 5) is 6.59. The number of likely N-dealkylation sites (N-methyl/N-ethyl adjacent to an activating group) is 1. The molecule has 0 radical (unpaired) electrons. The second-order valence-electron chi connectivity index (χ2n) is 8.07. The molecule has 0 spiro atoms. The Kier molecular flexibility index (Phi) is 4.52. The van der Waals surface area contributed by atoms with Gasteiger partial charge in [-0.05, 0) is 43.2 Å². The number of aromatic amines is 1. The van der Waals surface area contributed by atoms with Crippen molar-refractivity contribution in [3.63, 3.8) is 0 Å². The van der Waals surface area contributed by atoms with E-state index >= 15 is 4.39 Å². The summed E-state index contributed by atoms with van der Waals surface area (Å²) in [5, 5.41) is 6.83. The molecular weight excluding hydrogens is 431 g/mol. The maximum Gasteiger partial charge on any atom is 0.281 e. The molecule has 0 saturated heterocycles. The van der Waals surface area contributed by atoms with Crippen LogP contribution in [0.25, 0.3) is 22.2 Å². The number of rotatable bonds is 4. The smallest absolute Gasteiger partial charge is 0.281 e. The first-order valence-electron chi connectivity index (χ1n) is 10.2. The van der Waals surface area contributed by atoms with E-state index < -0.39 is 10.0 Å². The first kappa shape index (κ1) is 20.5. The van der Waals surface area contributed by atoms with E-state index in [1.165, 1.54) is 23.6 Å². The van der Waals surface area contributed by atoms with Crippen LogP contribution in [0.4, 0.5) is 15.8 Å². The lowest BCUT2D eigenvalue weighted by Gasteiger charge is -2.20. The minimum Gasteiger partial charge on any atom is -0.374 e. The predicted molar refractivity (Wildman–Crippen MR) is 122 cm³/mol. The van der Waals surface area contributed by atoms with Gasteiger partial charge in [-0.3, -0.25) is 9.40 Å². The molecule has 0 amide bonds. The lowest BCUT2D eigenvalue weighted by molar-refractivity contribution is 0.590. The molecule has 0 unspecified atom stereocenters. The van der Waals surface area contributed by atoms with E-state index in [2.05, 4.69) is 20.1 Å². The van der Waals surface area contributed by atoms with Gasteiger partial charge >= 0.3 is 0 Å². The molecule has 10 heteroatoms. The van der Waals surface area contributed by atoms with Crippen LogP contribution < -0.4 is 9.21 Å². The molecule has 3 aromatic heterocycles. The zero-order chi connectivity index (χ0) is 22.8. The predicted octanol–water partition coefficient (Wildman–Crippen LogP) is 3.23. The van der Waals surface area contributed by atoms with Gasteiger partial charge in [-0.1, -0.05) is 0 Å². The van der Waals surface area contributed by atoms with Crippen molar-refractivity contribution in [3.05, 3.63) is 53.7 Å². The fourth-order valence-corrected chi connectivity index (χ4v) is 5.56. The quantitative estimate of drug-likeness (QED) is 0.512. The fourth-order valence-electron chi connectivity index (χ4n) is 4.46. The van der Waals surface area contributed by atoms with Crippen molar-refractivity contribution in [2.45, 2.75) is 18.4 Å². The summed E-state index contributed by atoms with van der Waals surface area (Å²) in [5.41, 5.74) is 4.82. The van der Waals surface area contributed by atoms with Crippen LogP contribution >= 0.6 is 0 Å². The molecular formula is C22H23FN6O2S. The Morgan fingerprint density at radius 1 is 1.19 bits per heavy atom. The summed E-state index contributed by atoms with van der Waals surface area (Å²) >= 11 is 0. The molecule has 0 atom stereocenters. The highest BCUT2D eigenvalue weighted by Crippen LogP contribution is 2.43. The summed E-state index contributed by atoms with van der Waals surface area (Å²) in [7, 11) is 1.41. The van der Waals surface area contributed by atoms with Crippen LogP contribution in [0.1, 0.15) is 11.3 Å². The van der Waals surface area contributed by atoms with E-state index in [1.54, 1.807) is 18.3 Å². The van der Waals surface area contributed by atoms with Crippen molar-refractivity contribution in [2.24, 2.45) is 7.05 Å². The number of benzene rings is 1. The molecule has 32 heavy (non-hydrogen) atoms. The summed E-state index contributed by atoms with van der Waals surface area (Å²) in [6.45, 7) is 2.73. The van der Waals surface area contributed by atoms with Crippen molar-refractivity contribution < 1.29 is 12.8 Å². The minimum atomic E-state index is -3.89. The number of aromatic nitrogens is 4. The summed E-state index contributed by atoms with van der Waals surface area (Å²) in [6, 6.07) is 6.49. The van der Waals surface area contributed by atoms with Gasteiger partial charge in [-0.15, -0.1) is 0 Å². The monoisotopic (exact) mass is 454 g/mol. The van der Waals surface area contributed by atoms with Gasteiger partial charge in [0.25, 0.3) is 10.0 Å². The van der Waals surface area contributed by atoms with Crippen LogP contribution in [0.5, 0.6) is 0 Å². The number of pyridine rings is 1. The molecule has 0 saturated carbocycles. The van der Waals surface area contributed by atoms with E-state index in [1.807, 2.05) is 31.7 Å². The summed E-state index contributed by atoms with van der Waals surface area (Å²) in [5.74, 6) is -0.330. The molecule has 0 bridgehead atoms. The van der Waals surface area contributed by atoms with Crippen molar-refractivity contribution in [3.8, 4) is 11.1 Å². The summed E-state index contributed by atoms with van der Waals surface area (Å²) < 4.78 is 44.8. The first-order chi connectivity index (χ1) is 15.2. The van der Waals surface area contributed by atoms with Crippen molar-refractivity contribution in [1.82, 2.24) is 19.7 Å². The van der Waals surface area contributed by atoms with E-state index in [-0.39, 0.29) is 10.8 Å². The molecule has 0 fully saturated rings. The second kappa shape index (κ2) is 7.06. The summed E-state index contributed by atoms with van der Waals surface area (Å²) in [6.07, 6.45) is 3.75. The molecule has 4 aromatic rings. The second-order valence-corrected chi connectivity index (χ2v) is 10.0. The Morgan fingerprint density at radius 3 is 2.69 bits per heavy atom. The van der Waals surface area contributed by atoms with E-state index in [0.29, 0.717) is 27.8 Å². The minimum absolute atomic E-state index is 0.0236. The number of fused-ring (bicyclic) bond motifs is 2. The van der Waals surface area contributed by atoms with Gasteiger partial charge in [0.05, 0.1) is 17.3 Å². The molecule has 5 rings (SSSR count). The van der Waals surface area contributed by atoms with E-state index in [9.17, 15) is 8.42 Å². The Hall–Kier alpha value is -3.40. The number of halogens is 1. The molecule has 166 valence electrons. The lowest BCUT2D eigenvalue weighted by Crippen LogP contribution is -2.27. The Bertz CT molecular complexity index is 1460. The highest BCUT2D eigenvalue weighted by Gasteiger charge is 2.29. The van der Waals surface area contributed by atoms with Gasteiger partial charge in [-0.2, -0.15) is 13.5 Å². The Labute approximate surface area is 185 Å². The molecule has 8 nitrogen and oxygen atoms in total. The normalized spacial score (nSPS) is 13.7. The number of hydrogen-bond donors (Lipinski definition) is 1. The van der Waals surface area contributed by atoms with Crippen molar-refractivity contribution in [1.29, 1.82) is 0 Å². The number of hydrogen-bond acceptors (Lipinski definition) is 5. The lowest BCUT2D eigenvalue weighted by atomic mass is 9.98. The highest BCUT2D eigenvalue weighted by molar-refractivity contribution is 7.92. The average molecular weight is 455 g/mol. The van der Waals surface area contributed by atoms with Crippen LogP contribution in [-0.4, -0.2) is 48.8 Å². The fraction of sp³-hybridized carbons (Fsp3) is 0.273. The largest absolute Gasteiger partial charge is 0.374 e. The number of anilines is 2. The maximum absolute atomic E-state index is 15.4. The molecule has 4 heterocycles. The van der Waals surface area contributed by atoms with Gasteiger partial charge in [0.15, 0.2) is 5.03 Å². The zero-order valence-corrected chi connectivity index (χ0v) is 19.0. The van der Waals surface area contributed by atoms with Crippen LogP contribution in [0.2, 0.25) is 0 Å². The van der Waals surface area contributed by atoms with Crippen LogP contribution in [0, 0.1) is 12.7 Å². The number of nitrogens with one attached hydrogen (secondary N) is 1. The van der Waals surface area contributed by atoms with Gasteiger partial charge in [-0.25, -0.2) is 9.37 Å². The van der Waals surface area contributed by atoms with Crippen LogP contribution in [0.3, 0.4) is 0 Å². The third-order valence-electron chi connectivity index (χ3n) is 6.36. The Morgan fingerprint density at radius 2 is 1.97 bits per heavy atom. The van der Waals surface area contributed by atoms with Crippen LogP contribution in [0.15, 0.2) is 41.7 Å². The van der Waals surface area contributed by atoms with Crippen molar-refractivity contribution >= 4 is 32.4 Å². The first-order valence-corrected chi connectivity index (χ1v) is 11.6. The molecule has 1 aliphatic rings. The van der Waals surface area contributed by atoms with Crippen LogP contribution in [-0.2, 0) is 23.5 Å². The number of H-pyrrole nitrogens is 1. The molecule has 1 aromatic carbocycles. The van der Waals surface area contributed by atoms with E-state index in [4.69, 9.17) is 0 Å². The van der Waals surface area contributed by atoms with Gasteiger partial charge in [0.1, 0.15) is 11.5 Å². The third kappa shape index (κ3) is 2.82. The SMILES string of the molecule is Cc1c(-c2cc3c(cc2F)CCN3C)c2c(N(C)S(=O)(=O)c3ccn[nH]3)ccnc2n1C. The standard InChI is InChI=1S/C22H23FN6O2S/c1-13-20(15-12-18-14(11-16(15)23)7-10-27(18)2)21-17(5-8-24-22(21)28(13)3)29(4)32(30,31)19-6-9-25-26-19/h5-6,8-9,11-12H,7,10H2,1-4H3,(H,25,26).